The van der Waals surface area contributed by atoms with Gasteiger partial charge in [0.15, 0.2) is 0 Å². The molecule has 1 aromatic carbocycles. The van der Waals surface area contributed by atoms with Crippen molar-refractivity contribution < 1.29 is 9.59 Å². The molecule has 1 saturated heterocycles. The lowest BCUT2D eigenvalue weighted by Gasteiger charge is -2.22. The van der Waals surface area contributed by atoms with Crippen LogP contribution in [0.15, 0.2) is 18.2 Å². The number of benzene rings is 1. The summed E-state index contributed by atoms with van der Waals surface area (Å²) in [4.78, 5) is 27.3. The van der Waals surface area contributed by atoms with Crippen LogP contribution in [0.25, 0.3) is 0 Å². The van der Waals surface area contributed by atoms with Gasteiger partial charge in [-0.2, -0.15) is 0 Å². The summed E-state index contributed by atoms with van der Waals surface area (Å²) >= 11 is 0. The lowest BCUT2D eigenvalue weighted by atomic mass is 10.1. The molecule has 108 valence electrons. The lowest BCUT2D eigenvalue weighted by molar-refractivity contribution is -0.128. The largest absolute Gasteiger partial charge is 0.399 e. The fraction of sp³-hybridized carbons (Fsp3) is 0.429. The van der Waals surface area contributed by atoms with Gasteiger partial charge in [-0.3, -0.25) is 9.59 Å². The number of carbonyl (C=O) groups excluding carboxylic acids is 2. The Kier molecular flexibility index (Phi) is 4.12. The van der Waals surface area contributed by atoms with Crippen LogP contribution in [0.1, 0.15) is 23.7 Å². The van der Waals surface area contributed by atoms with Crippen LogP contribution in [0.5, 0.6) is 0 Å². The maximum absolute atomic E-state index is 12.5. The molecule has 20 heavy (non-hydrogen) atoms. The number of carbonyl (C=O) groups is 2. The number of hydrogen-bond acceptors (Lipinski definition) is 4. The molecule has 0 atom stereocenters. The van der Waals surface area contributed by atoms with E-state index in [9.17, 15) is 9.59 Å². The molecule has 0 bridgehead atoms. The van der Waals surface area contributed by atoms with Gasteiger partial charge >= 0.3 is 0 Å². The van der Waals surface area contributed by atoms with Crippen molar-refractivity contribution in [2.45, 2.75) is 13.3 Å². The molecule has 0 radical (unpaired) electrons. The fourth-order valence-corrected chi connectivity index (χ4v) is 2.38. The summed E-state index contributed by atoms with van der Waals surface area (Å²) in [6.45, 7) is 3.97. The highest BCUT2D eigenvalue weighted by molar-refractivity contribution is 5.99. The molecule has 4 N–H and O–H groups in total. The Balaban J connectivity index is 2.11. The number of hydrogen-bond donors (Lipinski definition) is 2. The second-order valence-electron chi connectivity index (χ2n) is 5.00. The number of amides is 2. The van der Waals surface area contributed by atoms with Gasteiger partial charge in [-0.1, -0.05) is 0 Å². The van der Waals surface area contributed by atoms with E-state index >= 15 is 0 Å². The van der Waals surface area contributed by atoms with E-state index in [-0.39, 0.29) is 11.8 Å². The predicted octanol–water partition coefficient (Wildman–Crippen LogP) is 0.545. The molecular weight excluding hydrogens is 256 g/mol. The van der Waals surface area contributed by atoms with Crippen LogP contribution in [-0.2, 0) is 4.79 Å². The standard InChI is InChI=1S/C14H20N4O2/c1-10(19)17-5-2-6-18(8-7-17)14(20)12-4-3-11(15)9-13(12)16/h3-4,9H,2,5-8,15-16H2,1H3. The molecule has 1 aliphatic rings. The van der Waals surface area contributed by atoms with Crippen molar-refractivity contribution in [3.8, 4) is 0 Å². The highest BCUT2D eigenvalue weighted by Gasteiger charge is 2.22. The Hall–Kier alpha value is -2.24. The Bertz CT molecular complexity index is 530. The Morgan fingerprint density at radius 2 is 1.70 bits per heavy atom. The van der Waals surface area contributed by atoms with E-state index in [1.165, 1.54) is 0 Å². The van der Waals surface area contributed by atoms with Gasteiger partial charge in [0.25, 0.3) is 5.91 Å². The molecule has 1 aliphatic heterocycles. The van der Waals surface area contributed by atoms with E-state index in [0.29, 0.717) is 43.1 Å². The summed E-state index contributed by atoms with van der Waals surface area (Å²) < 4.78 is 0. The molecule has 0 unspecified atom stereocenters. The molecular formula is C14H20N4O2. The van der Waals surface area contributed by atoms with E-state index < -0.39 is 0 Å². The van der Waals surface area contributed by atoms with Crippen molar-refractivity contribution in [1.82, 2.24) is 9.80 Å². The van der Waals surface area contributed by atoms with Crippen molar-refractivity contribution in [3.63, 3.8) is 0 Å². The van der Waals surface area contributed by atoms with Crippen molar-refractivity contribution in [1.29, 1.82) is 0 Å². The first kappa shape index (κ1) is 14.2. The van der Waals surface area contributed by atoms with Gasteiger partial charge in [0.2, 0.25) is 5.91 Å². The topological polar surface area (TPSA) is 92.7 Å². The number of rotatable bonds is 1. The zero-order chi connectivity index (χ0) is 14.7. The number of anilines is 2. The van der Waals surface area contributed by atoms with Gasteiger partial charge in [0, 0.05) is 44.5 Å². The van der Waals surface area contributed by atoms with Gasteiger partial charge in [-0.05, 0) is 24.6 Å². The summed E-state index contributed by atoms with van der Waals surface area (Å²) in [7, 11) is 0. The monoisotopic (exact) mass is 276 g/mol. The van der Waals surface area contributed by atoms with Crippen molar-refractivity contribution in [2.24, 2.45) is 0 Å². The maximum Gasteiger partial charge on any atom is 0.256 e. The molecule has 0 saturated carbocycles. The van der Waals surface area contributed by atoms with E-state index in [1.54, 1.807) is 34.9 Å². The maximum atomic E-state index is 12.5. The first-order chi connectivity index (χ1) is 9.49. The molecule has 1 aromatic rings. The molecule has 6 heteroatoms. The van der Waals surface area contributed by atoms with Crippen molar-refractivity contribution in [3.05, 3.63) is 23.8 Å². The summed E-state index contributed by atoms with van der Waals surface area (Å²) in [6, 6.07) is 4.91. The number of nitrogens with two attached hydrogens (primary N) is 2. The van der Waals surface area contributed by atoms with Crippen molar-refractivity contribution >= 4 is 23.2 Å². The smallest absolute Gasteiger partial charge is 0.256 e. The van der Waals surface area contributed by atoms with Crippen LogP contribution >= 0.6 is 0 Å². The first-order valence-electron chi connectivity index (χ1n) is 6.69. The third-order valence-corrected chi connectivity index (χ3v) is 3.53. The Morgan fingerprint density at radius 3 is 2.35 bits per heavy atom. The summed E-state index contributed by atoms with van der Waals surface area (Å²) in [5.74, 6) is -0.0563. The number of nitrogens with zero attached hydrogens (tertiary/aromatic N) is 2. The van der Waals surface area contributed by atoms with Crippen LogP contribution in [0.3, 0.4) is 0 Å². The van der Waals surface area contributed by atoms with Crippen LogP contribution in [-0.4, -0.2) is 47.8 Å². The molecule has 0 spiro atoms. The first-order valence-corrected chi connectivity index (χ1v) is 6.69. The minimum absolute atomic E-state index is 0.0475. The van der Waals surface area contributed by atoms with Crippen LogP contribution in [0, 0.1) is 0 Å². The fourth-order valence-electron chi connectivity index (χ4n) is 2.38. The second-order valence-corrected chi connectivity index (χ2v) is 5.00. The molecule has 2 rings (SSSR count). The van der Waals surface area contributed by atoms with Crippen LogP contribution < -0.4 is 11.5 Å². The second kappa shape index (κ2) is 5.81. The van der Waals surface area contributed by atoms with Crippen LogP contribution in [0.2, 0.25) is 0 Å². The van der Waals surface area contributed by atoms with Gasteiger partial charge in [0.1, 0.15) is 0 Å². The van der Waals surface area contributed by atoms with Crippen LogP contribution in [0.4, 0.5) is 11.4 Å². The molecule has 0 aliphatic carbocycles. The van der Waals surface area contributed by atoms with Gasteiger partial charge in [-0.25, -0.2) is 0 Å². The molecule has 2 amide bonds. The third-order valence-electron chi connectivity index (χ3n) is 3.53. The molecule has 1 fully saturated rings. The summed E-state index contributed by atoms with van der Waals surface area (Å²) in [5, 5.41) is 0. The average molecular weight is 276 g/mol. The highest BCUT2D eigenvalue weighted by Crippen LogP contribution is 2.18. The summed E-state index contributed by atoms with van der Waals surface area (Å²) in [6.07, 6.45) is 0.778. The van der Waals surface area contributed by atoms with Crippen molar-refractivity contribution in [2.75, 3.05) is 37.6 Å². The Labute approximate surface area is 118 Å². The minimum Gasteiger partial charge on any atom is -0.399 e. The molecule has 6 nitrogen and oxygen atoms in total. The van der Waals surface area contributed by atoms with E-state index in [2.05, 4.69) is 0 Å². The lowest BCUT2D eigenvalue weighted by Crippen LogP contribution is -2.36. The average Bonchev–Trinajstić information content (AvgIpc) is 2.63. The van der Waals surface area contributed by atoms with Gasteiger partial charge in [0.05, 0.1) is 5.56 Å². The van der Waals surface area contributed by atoms with E-state index in [0.717, 1.165) is 6.42 Å². The number of nitrogen functional groups attached to an aromatic ring is 2. The minimum atomic E-state index is -0.104. The molecule has 0 aromatic heterocycles. The predicted molar refractivity (Wildman–Crippen MR) is 78.0 cm³/mol. The Morgan fingerprint density at radius 1 is 1.05 bits per heavy atom. The zero-order valence-corrected chi connectivity index (χ0v) is 11.6. The third kappa shape index (κ3) is 3.01. The van der Waals surface area contributed by atoms with Gasteiger partial charge in [-0.15, -0.1) is 0 Å². The highest BCUT2D eigenvalue weighted by atomic mass is 16.2. The van der Waals surface area contributed by atoms with Gasteiger partial charge < -0.3 is 21.3 Å². The normalized spacial score (nSPS) is 15.8. The van der Waals surface area contributed by atoms with E-state index in [1.807, 2.05) is 0 Å². The van der Waals surface area contributed by atoms with E-state index in [4.69, 9.17) is 11.5 Å². The SMILES string of the molecule is CC(=O)N1CCCN(C(=O)c2ccc(N)cc2N)CC1. The quantitative estimate of drug-likeness (QED) is 0.732. The zero-order valence-electron chi connectivity index (χ0n) is 11.6. The summed E-state index contributed by atoms with van der Waals surface area (Å²) in [5.41, 5.74) is 12.9. The molecule has 1 heterocycles.